The molecule has 2 N–H and O–H groups in total. The number of halogens is 1. The van der Waals surface area contributed by atoms with Crippen LogP contribution in [0.15, 0.2) is 51.6 Å². The molecule has 1 aliphatic rings. The summed E-state index contributed by atoms with van der Waals surface area (Å²) in [4.78, 5) is 0. The lowest BCUT2D eigenvalue weighted by molar-refractivity contribution is 0.990. The van der Waals surface area contributed by atoms with Crippen LogP contribution in [0.5, 0.6) is 0 Å². The molecule has 2 rings (SSSR count). The summed E-state index contributed by atoms with van der Waals surface area (Å²) in [5, 5.41) is 0. The van der Waals surface area contributed by atoms with Gasteiger partial charge in [-0.25, -0.2) is 0 Å². The first-order valence-corrected chi connectivity index (χ1v) is 7.21. The lowest BCUT2D eigenvalue weighted by Gasteiger charge is -2.08. The Hall–Kier alpha value is -0.870. The lowest BCUT2D eigenvalue weighted by Crippen LogP contribution is -1.87. The fourth-order valence-electron chi connectivity index (χ4n) is 1.70. The number of benzene rings is 1. The van der Waals surface area contributed by atoms with Gasteiger partial charge < -0.3 is 5.73 Å². The summed E-state index contributed by atoms with van der Waals surface area (Å²) in [5.41, 5.74) is 8.54. The maximum absolute atomic E-state index is 4.50. The van der Waals surface area contributed by atoms with Crippen LogP contribution in [-0.2, 0) is 0 Å². The molecule has 96 valence electrons. The molecule has 0 aliphatic heterocycles. The van der Waals surface area contributed by atoms with E-state index < -0.39 is 0 Å². The molecule has 1 aromatic rings. The highest BCUT2D eigenvalue weighted by molar-refractivity contribution is 14.1. The zero-order valence-corrected chi connectivity index (χ0v) is 13.1. The summed E-state index contributed by atoms with van der Waals surface area (Å²) in [6.07, 6.45) is 11.2. The molecule has 2 heteroatoms. The molecule has 0 saturated carbocycles. The fraction of sp³-hybridized carbons (Fsp3) is 0.250. The molecular weight excluding hydrogens is 333 g/mol. The Labute approximate surface area is 124 Å². The third-order valence-corrected chi connectivity index (χ3v) is 3.70. The lowest BCUT2D eigenvalue weighted by atomic mass is 10.0. The standard InChI is InChI=1S/C15H15I.CH5N/c1-12-7-9-13(10-8-12)11-15(16)14-5-3-2-4-6-14;1-2/h2-3,5,7-11H,4,6H2,1H3;2H2,1H3/b15-11-;. The average molecular weight is 353 g/mol. The van der Waals surface area contributed by atoms with Crippen LogP contribution < -0.4 is 5.73 Å². The van der Waals surface area contributed by atoms with Gasteiger partial charge in [-0.2, -0.15) is 0 Å². The highest BCUT2D eigenvalue weighted by Crippen LogP contribution is 2.27. The van der Waals surface area contributed by atoms with E-state index in [-0.39, 0.29) is 0 Å². The number of hydrogen-bond donors (Lipinski definition) is 1. The fourth-order valence-corrected chi connectivity index (χ4v) is 2.51. The molecule has 0 amide bonds. The monoisotopic (exact) mass is 353 g/mol. The van der Waals surface area contributed by atoms with Crippen LogP contribution in [0, 0.1) is 6.92 Å². The van der Waals surface area contributed by atoms with Crippen molar-refractivity contribution in [3.05, 3.63) is 62.8 Å². The summed E-state index contributed by atoms with van der Waals surface area (Å²) in [6, 6.07) is 8.66. The Kier molecular flexibility index (Phi) is 6.98. The average Bonchev–Trinajstić information content (AvgIpc) is 2.44. The van der Waals surface area contributed by atoms with Crippen molar-refractivity contribution in [2.45, 2.75) is 19.8 Å². The van der Waals surface area contributed by atoms with Crippen molar-refractivity contribution >= 4 is 28.7 Å². The molecule has 0 aromatic heterocycles. The predicted octanol–water partition coefficient (Wildman–Crippen LogP) is 4.62. The van der Waals surface area contributed by atoms with Gasteiger partial charge in [0.25, 0.3) is 0 Å². The van der Waals surface area contributed by atoms with Gasteiger partial charge >= 0.3 is 0 Å². The normalized spacial score (nSPS) is 14.7. The van der Waals surface area contributed by atoms with E-state index in [1.165, 1.54) is 33.7 Å². The molecule has 0 spiro atoms. The molecule has 1 aliphatic carbocycles. The zero-order chi connectivity index (χ0) is 13.4. The third kappa shape index (κ3) is 4.78. The van der Waals surface area contributed by atoms with Crippen LogP contribution in [0.2, 0.25) is 0 Å². The first-order chi connectivity index (χ1) is 8.75. The minimum absolute atomic E-state index is 1.16. The molecule has 0 bridgehead atoms. The molecule has 0 unspecified atom stereocenters. The molecular formula is C16H20IN. The van der Waals surface area contributed by atoms with Gasteiger partial charge in [0.15, 0.2) is 0 Å². The summed E-state index contributed by atoms with van der Waals surface area (Å²) in [6.45, 7) is 2.12. The van der Waals surface area contributed by atoms with Crippen LogP contribution in [0.3, 0.4) is 0 Å². The van der Waals surface area contributed by atoms with Gasteiger partial charge in [0, 0.05) is 3.58 Å². The van der Waals surface area contributed by atoms with Gasteiger partial charge in [-0.15, -0.1) is 0 Å². The third-order valence-electron chi connectivity index (χ3n) is 2.69. The Morgan fingerprint density at radius 2 is 1.89 bits per heavy atom. The number of rotatable bonds is 2. The Bertz CT molecular complexity index is 452. The van der Waals surface area contributed by atoms with Crippen molar-refractivity contribution in [1.82, 2.24) is 0 Å². The van der Waals surface area contributed by atoms with Crippen LogP contribution in [-0.4, -0.2) is 7.05 Å². The Balaban J connectivity index is 0.000000771. The number of nitrogens with two attached hydrogens (primary N) is 1. The van der Waals surface area contributed by atoms with E-state index in [1.807, 2.05) is 0 Å². The van der Waals surface area contributed by atoms with E-state index in [0.717, 1.165) is 6.42 Å². The smallest absolute Gasteiger partial charge is 0.0168 e. The summed E-state index contributed by atoms with van der Waals surface area (Å²) >= 11 is 2.43. The SMILES string of the molecule is CN.Cc1ccc(/C=C(\I)C2=CC=CCC2)cc1. The molecule has 18 heavy (non-hydrogen) atoms. The molecule has 0 atom stereocenters. The van der Waals surface area contributed by atoms with Crippen molar-refractivity contribution in [3.8, 4) is 0 Å². The van der Waals surface area contributed by atoms with Gasteiger partial charge in [0.2, 0.25) is 0 Å². The highest BCUT2D eigenvalue weighted by Gasteiger charge is 2.03. The summed E-state index contributed by atoms with van der Waals surface area (Å²) < 4.78 is 1.35. The Morgan fingerprint density at radius 3 is 2.44 bits per heavy atom. The summed E-state index contributed by atoms with van der Waals surface area (Å²) in [7, 11) is 1.50. The van der Waals surface area contributed by atoms with Gasteiger partial charge in [0.05, 0.1) is 0 Å². The maximum Gasteiger partial charge on any atom is 0.0168 e. The second-order valence-corrected chi connectivity index (χ2v) is 5.22. The minimum Gasteiger partial charge on any atom is -0.333 e. The quantitative estimate of drug-likeness (QED) is 0.772. The second kappa shape index (κ2) is 8.27. The predicted molar refractivity (Wildman–Crippen MR) is 89.7 cm³/mol. The number of hydrogen-bond acceptors (Lipinski definition) is 1. The molecule has 0 radical (unpaired) electrons. The molecule has 1 nitrogen and oxygen atoms in total. The van der Waals surface area contributed by atoms with Crippen LogP contribution in [0.25, 0.3) is 6.08 Å². The van der Waals surface area contributed by atoms with Crippen LogP contribution >= 0.6 is 22.6 Å². The Morgan fingerprint density at radius 1 is 1.22 bits per heavy atom. The largest absolute Gasteiger partial charge is 0.333 e. The van der Waals surface area contributed by atoms with Gasteiger partial charge in [-0.1, -0.05) is 48.1 Å². The first kappa shape index (κ1) is 15.2. The van der Waals surface area contributed by atoms with E-state index in [0.29, 0.717) is 0 Å². The van der Waals surface area contributed by atoms with Crippen molar-refractivity contribution in [2.24, 2.45) is 5.73 Å². The van der Waals surface area contributed by atoms with Crippen LogP contribution in [0.1, 0.15) is 24.0 Å². The highest BCUT2D eigenvalue weighted by atomic mass is 127. The molecule has 0 fully saturated rings. The van der Waals surface area contributed by atoms with Gasteiger partial charge in [0.1, 0.15) is 0 Å². The van der Waals surface area contributed by atoms with Crippen LogP contribution in [0.4, 0.5) is 0 Å². The molecule has 0 heterocycles. The molecule has 0 saturated heterocycles. The van der Waals surface area contributed by atoms with Crippen molar-refractivity contribution in [3.63, 3.8) is 0 Å². The van der Waals surface area contributed by atoms with Crippen molar-refractivity contribution in [2.75, 3.05) is 7.05 Å². The first-order valence-electron chi connectivity index (χ1n) is 6.13. The van der Waals surface area contributed by atoms with Crippen molar-refractivity contribution < 1.29 is 0 Å². The zero-order valence-electron chi connectivity index (χ0n) is 11.0. The van der Waals surface area contributed by atoms with Crippen molar-refractivity contribution in [1.29, 1.82) is 0 Å². The molecule has 1 aromatic carbocycles. The van der Waals surface area contributed by atoms with Gasteiger partial charge in [-0.3, -0.25) is 0 Å². The van der Waals surface area contributed by atoms with E-state index in [4.69, 9.17) is 0 Å². The topological polar surface area (TPSA) is 26.0 Å². The van der Waals surface area contributed by atoms with E-state index in [9.17, 15) is 0 Å². The number of aryl methyl sites for hydroxylation is 1. The van der Waals surface area contributed by atoms with E-state index in [1.54, 1.807) is 0 Å². The van der Waals surface area contributed by atoms with Gasteiger partial charge in [-0.05, 0) is 66.6 Å². The minimum atomic E-state index is 1.16. The van der Waals surface area contributed by atoms with E-state index >= 15 is 0 Å². The summed E-state index contributed by atoms with van der Waals surface area (Å²) in [5.74, 6) is 0. The maximum atomic E-state index is 4.50. The van der Waals surface area contributed by atoms with E-state index in [2.05, 4.69) is 83.8 Å². The second-order valence-electron chi connectivity index (χ2n) is 4.06. The number of allylic oxidation sites excluding steroid dienone is 5.